The van der Waals surface area contributed by atoms with Gasteiger partial charge in [0.25, 0.3) is 0 Å². The van der Waals surface area contributed by atoms with Crippen molar-refractivity contribution < 1.29 is 19.4 Å². The van der Waals surface area contributed by atoms with Crippen LogP contribution in [0.5, 0.6) is 5.75 Å². The highest BCUT2D eigenvalue weighted by molar-refractivity contribution is 5.67. The van der Waals surface area contributed by atoms with Crippen molar-refractivity contribution in [1.82, 2.24) is 4.90 Å². The highest BCUT2D eigenvalue weighted by Gasteiger charge is 2.36. The van der Waals surface area contributed by atoms with Gasteiger partial charge in [0.1, 0.15) is 12.4 Å². The van der Waals surface area contributed by atoms with Crippen LogP contribution in [0.15, 0.2) is 42.5 Å². The summed E-state index contributed by atoms with van der Waals surface area (Å²) in [4.78, 5) is 14.2. The summed E-state index contributed by atoms with van der Waals surface area (Å²) in [6.45, 7) is 3.89. The van der Waals surface area contributed by atoms with Gasteiger partial charge in [0.05, 0.1) is 12.2 Å². The maximum atomic E-state index is 12.4. The number of aromatic hydroxyl groups is 1. The van der Waals surface area contributed by atoms with Crippen LogP contribution in [0.3, 0.4) is 0 Å². The summed E-state index contributed by atoms with van der Waals surface area (Å²) < 4.78 is 11.8. The van der Waals surface area contributed by atoms with Crippen LogP contribution in [-0.2, 0) is 22.5 Å². The number of fused-ring (bicyclic) bond motifs is 1. The van der Waals surface area contributed by atoms with Crippen LogP contribution in [0, 0.1) is 12.8 Å². The van der Waals surface area contributed by atoms with Crippen LogP contribution in [0.1, 0.15) is 41.2 Å². The Bertz CT molecular complexity index is 878. The van der Waals surface area contributed by atoms with Crippen LogP contribution >= 0.6 is 0 Å². The Kier molecular flexibility index (Phi) is 6.25. The molecular weight excluding hydrogens is 380 g/mol. The third-order valence-electron chi connectivity index (χ3n) is 6.35. The molecule has 0 aromatic heterocycles. The molecule has 2 aromatic rings. The lowest BCUT2D eigenvalue weighted by molar-refractivity contribution is -0.0641. The topological polar surface area (TPSA) is 85.0 Å². The molecule has 0 bridgehead atoms. The lowest BCUT2D eigenvalue weighted by atomic mass is 9.83. The second-order valence-corrected chi connectivity index (χ2v) is 8.27. The predicted octanol–water partition coefficient (Wildman–Crippen LogP) is 3.69. The Labute approximate surface area is 177 Å². The second kappa shape index (κ2) is 9.06. The third-order valence-corrected chi connectivity index (χ3v) is 6.35. The van der Waals surface area contributed by atoms with Gasteiger partial charge in [-0.05, 0) is 42.4 Å². The number of hydrogen-bond acceptors (Lipinski definition) is 5. The van der Waals surface area contributed by atoms with Gasteiger partial charge in [0.2, 0.25) is 0 Å². The number of carbonyl (C=O) groups is 1. The zero-order valence-electron chi connectivity index (χ0n) is 17.4. The molecule has 160 valence electrons. The number of likely N-dealkylation sites (tertiary alicyclic amines) is 1. The van der Waals surface area contributed by atoms with E-state index in [1.807, 2.05) is 49.4 Å². The Balaban J connectivity index is 1.35. The standard InChI is InChI=1S/C24H30N2O4/c1-16-7-8-19-20(23(16)27)13-21(30-22(19)14-25)18-9-11-26(12-10-18)24(28)29-15-17-5-3-2-4-6-17/h2-8,18,21-22,27H,9-15,25H2,1H3. The molecule has 1 amide bonds. The number of carbonyl (C=O) groups excluding carboxylic acids is 1. The van der Waals surface area contributed by atoms with Crippen LogP contribution in [0.2, 0.25) is 0 Å². The van der Waals surface area contributed by atoms with E-state index >= 15 is 0 Å². The first-order valence-electron chi connectivity index (χ1n) is 10.7. The molecule has 1 saturated heterocycles. The SMILES string of the molecule is Cc1ccc2c(c1O)CC(C1CCN(C(=O)OCc3ccccc3)CC1)OC2CN. The Morgan fingerprint density at radius 2 is 1.93 bits per heavy atom. The van der Waals surface area contributed by atoms with Gasteiger partial charge in [-0.3, -0.25) is 0 Å². The van der Waals surface area contributed by atoms with Gasteiger partial charge in [-0.1, -0.05) is 42.5 Å². The Hall–Kier alpha value is -2.57. The Morgan fingerprint density at radius 3 is 2.63 bits per heavy atom. The molecule has 0 saturated carbocycles. The summed E-state index contributed by atoms with van der Waals surface area (Å²) in [6.07, 6.45) is 1.93. The number of piperidine rings is 1. The number of phenolic OH excluding ortho intramolecular Hbond substituents is 1. The number of aryl methyl sites for hydroxylation is 1. The maximum absolute atomic E-state index is 12.4. The molecule has 2 heterocycles. The Morgan fingerprint density at radius 1 is 1.20 bits per heavy atom. The van der Waals surface area contributed by atoms with Crippen molar-refractivity contribution in [2.75, 3.05) is 19.6 Å². The lowest BCUT2D eigenvalue weighted by Crippen LogP contribution is -2.44. The molecule has 2 aliphatic heterocycles. The second-order valence-electron chi connectivity index (χ2n) is 8.27. The number of rotatable bonds is 4. The smallest absolute Gasteiger partial charge is 0.410 e. The van der Waals surface area contributed by atoms with Crippen molar-refractivity contribution in [3.05, 3.63) is 64.7 Å². The highest BCUT2D eigenvalue weighted by Crippen LogP contribution is 2.40. The third kappa shape index (κ3) is 4.30. The van der Waals surface area contributed by atoms with Gasteiger partial charge in [-0.2, -0.15) is 0 Å². The zero-order valence-corrected chi connectivity index (χ0v) is 17.4. The number of nitrogens with two attached hydrogens (primary N) is 1. The minimum absolute atomic E-state index is 0.00115. The van der Waals surface area contributed by atoms with Crippen molar-refractivity contribution in [2.24, 2.45) is 11.7 Å². The molecule has 0 aliphatic carbocycles. The molecule has 0 spiro atoms. The number of amides is 1. The predicted molar refractivity (Wildman–Crippen MR) is 114 cm³/mol. The monoisotopic (exact) mass is 410 g/mol. The van der Waals surface area contributed by atoms with Crippen molar-refractivity contribution >= 4 is 6.09 Å². The van der Waals surface area contributed by atoms with Crippen molar-refractivity contribution in [3.8, 4) is 5.75 Å². The summed E-state index contributed by atoms with van der Waals surface area (Å²) in [7, 11) is 0. The van der Waals surface area contributed by atoms with Gasteiger partial charge < -0.3 is 25.2 Å². The summed E-state index contributed by atoms with van der Waals surface area (Å²) in [5, 5.41) is 10.6. The van der Waals surface area contributed by atoms with E-state index in [2.05, 4.69) is 0 Å². The first-order valence-corrected chi connectivity index (χ1v) is 10.7. The van der Waals surface area contributed by atoms with Crippen molar-refractivity contribution in [3.63, 3.8) is 0 Å². The van der Waals surface area contributed by atoms with E-state index in [4.69, 9.17) is 15.2 Å². The molecule has 2 unspecified atom stereocenters. The van der Waals surface area contributed by atoms with E-state index in [-0.39, 0.29) is 18.3 Å². The molecule has 2 aromatic carbocycles. The first kappa shape index (κ1) is 20.7. The average molecular weight is 411 g/mol. The number of nitrogens with zero attached hydrogens (tertiary/aromatic N) is 1. The van der Waals surface area contributed by atoms with Gasteiger partial charge in [0.15, 0.2) is 0 Å². The van der Waals surface area contributed by atoms with Crippen molar-refractivity contribution in [1.29, 1.82) is 0 Å². The molecule has 4 rings (SSSR count). The molecule has 30 heavy (non-hydrogen) atoms. The van der Waals surface area contributed by atoms with E-state index in [1.165, 1.54) is 0 Å². The van der Waals surface area contributed by atoms with Crippen molar-refractivity contribution in [2.45, 2.75) is 45.0 Å². The van der Waals surface area contributed by atoms with E-state index in [1.54, 1.807) is 4.90 Å². The quantitative estimate of drug-likeness (QED) is 0.803. The van der Waals surface area contributed by atoms with Gasteiger partial charge in [-0.25, -0.2) is 4.79 Å². The van der Waals surface area contributed by atoms with Crippen LogP contribution < -0.4 is 5.73 Å². The fourth-order valence-corrected chi connectivity index (χ4v) is 4.54. The number of benzene rings is 2. The summed E-state index contributed by atoms with van der Waals surface area (Å²) in [5.41, 5.74) is 9.79. The lowest BCUT2D eigenvalue weighted by Gasteiger charge is -2.40. The molecule has 1 fully saturated rings. The average Bonchev–Trinajstić information content (AvgIpc) is 2.80. The van der Waals surface area contributed by atoms with Gasteiger partial charge in [-0.15, -0.1) is 0 Å². The fourth-order valence-electron chi connectivity index (χ4n) is 4.54. The molecule has 2 aliphatic rings. The molecule has 2 atom stereocenters. The molecule has 6 heteroatoms. The van der Waals surface area contributed by atoms with E-state index in [9.17, 15) is 9.90 Å². The molecule has 6 nitrogen and oxygen atoms in total. The number of hydrogen-bond donors (Lipinski definition) is 2. The van der Waals surface area contributed by atoms with E-state index in [0.29, 0.717) is 44.3 Å². The van der Waals surface area contributed by atoms with Crippen LogP contribution in [0.25, 0.3) is 0 Å². The van der Waals surface area contributed by atoms with Gasteiger partial charge >= 0.3 is 6.09 Å². The van der Waals surface area contributed by atoms with Crippen LogP contribution in [0.4, 0.5) is 4.79 Å². The first-order chi connectivity index (χ1) is 14.6. The van der Waals surface area contributed by atoms with E-state index in [0.717, 1.165) is 35.1 Å². The number of ether oxygens (including phenoxy) is 2. The largest absolute Gasteiger partial charge is 0.507 e. The normalized spacial score (nSPS) is 21.9. The zero-order chi connectivity index (χ0) is 21.1. The number of phenols is 1. The highest BCUT2D eigenvalue weighted by atomic mass is 16.6. The fraction of sp³-hybridized carbons (Fsp3) is 0.458. The maximum Gasteiger partial charge on any atom is 0.410 e. The van der Waals surface area contributed by atoms with Crippen LogP contribution in [-0.4, -0.2) is 41.8 Å². The van der Waals surface area contributed by atoms with Gasteiger partial charge in [0, 0.05) is 31.6 Å². The van der Waals surface area contributed by atoms with E-state index < -0.39 is 0 Å². The molecule has 0 radical (unpaired) electrons. The minimum atomic E-state index is -0.264. The summed E-state index contributed by atoms with van der Waals surface area (Å²) in [6, 6.07) is 13.6. The molecule has 3 N–H and O–H groups in total. The summed E-state index contributed by atoms with van der Waals surface area (Å²) in [5.74, 6) is 0.687. The minimum Gasteiger partial charge on any atom is -0.507 e. The summed E-state index contributed by atoms with van der Waals surface area (Å²) >= 11 is 0. The molecular formula is C24H30N2O4.